The van der Waals surface area contributed by atoms with Crippen LogP contribution in [0.15, 0.2) is 17.2 Å². The van der Waals surface area contributed by atoms with E-state index in [1.54, 1.807) is 0 Å². The van der Waals surface area contributed by atoms with Crippen molar-refractivity contribution in [2.75, 3.05) is 5.32 Å². The number of nitrogens with zero attached hydrogens (tertiary/aromatic N) is 2. The van der Waals surface area contributed by atoms with Gasteiger partial charge in [0.2, 0.25) is 0 Å². The van der Waals surface area contributed by atoms with Gasteiger partial charge in [-0.25, -0.2) is 9.52 Å². The van der Waals surface area contributed by atoms with E-state index >= 15 is 0 Å². The lowest BCUT2D eigenvalue weighted by atomic mass is 9.99. The molecule has 28 heavy (non-hydrogen) atoms. The molecule has 2 aliphatic carbocycles. The van der Waals surface area contributed by atoms with Crippen LogP contribution in [0.25, 0.3) is 0 Å². The van der Waals surface area contributed by atoms with Gasteiger partial charge in [0.05, 0.1) is 11.8 Å². The molecule has 1 atom stereocenters. The predicted molar refractivity (Wildman–Crippen MR) is 104 cm³/mol. The third kappa shape index (κ3) is 3.29. The maximum absolute atomic E-state index is 12.6. The van der Waals surface area contributed by atoms with Crippen molar-refractivity contribution in [1.82, 2.24) is 14.5 Å². The van der Waals surface area contributed by atoms with E-state index in [0.29, 0.717) is 5.69 Å². The topological polar surface area (TPSA) is 113 Å². The van der Waals surface area contributed by atoms with E-state index in [4.69, 9.17) is 0 Å². The van der Waals surface area contributed by atoms with Gasteiger partial charge in [-0.2, -0.15) is 13.5 Å². The monoisotopic (exact) mass is 404 g/mol. The number of benzene rings is 1. The van der Waals surface area contributed by atoms with Gasteiger partial charge in [-0.05, 0) is 67.7 Å². The Labute approximate surface area is 164 Å². The lowest BCUT2D eigenvalue weighted by molar-refractivity contribution is 0.189. The summed E-state index contributed by atoms with van der Waals surface area (Å²) in [5.74, 6) is 0. The zero-order valence-corrected chi connectivity index (χ0v) is 16.8. The lowest BCUT2D eigenvalue weighted by Crippen LogP contribution is -2.35. The highest BCUT2D eigenvalue weighted by Crippen LogP contribution is 2.38. The van der Waals surface area contributed by atoms with Crippen molar-refractivity contribution in [3.05, 3.63) is 40.1 Å². The smallest absolute Gasteiger partial charge is 0.333 e. The molecule has 9 heteroatoms. The molecule has 0 spiro atoms. The highest BCUT2D eigenvalue weighted by molar-refractivity contribution is 7.90. The summed E-state index contributed by atoms with van der Waals surface area (Å²) in [6.45, 7) is 1.52. The van der Waals surface area contributed by atoms with Crippen LogP contribution < -0.4 is 10.0 Å². The molecule has 2 amide bonds. The molecule has 3 N–H and O–H groups in total. The molecule has 150 valence electrons. The minimum atomic E-state index is -4.15. The molecule has 1 unspecified atom stereocenters. The first kappa shape index (κ1) is 18.9. The van der Waals surface area contributed by atoms with Crippen molar-refractivity contribution >= 4 is 21.7 Å². The number of amides is 2. The number of carbonyl (C=O) groups excluding carboxylic acids is 1. The van der Waals surface area contributed by atoms with Crippen LogP contribution in [-0.2, 0) is 42.8 Å². The number of hydrogen-bond acceptors (Lipinski definition) is 5. The van der Waals surface area contributed by atoms with Gasteiger partial charge in [0.15, 0.2) is 5.03 Å². The van der Waals surface area contributed by atoms with Gasteiger partial charge in [0.1, 0.15) is 0 Å². The molecule has 0 saturated heterocycles. The average Bonchev–Trinajstić information content (AvgIpc) is 3.32. The summed E-state index contributed by atoms with van der Waals surface area (Å²) in [6.07, 6.45) is 4.99. The van der Waals surface area contributed by atoms with Crippen molar-refractivity contribution in [2.24, 2.45) is 7.05 Å². The van der Waals surface area contributed by atoms with Gasteiger partial charge in [-0.3, -0.25) is 4.68 Å². The summed E-state index contributed by atoms with van der Waals surface area (Å²) in [7, 11) is -2.61. The predicted octanol–water partition coefficient (Wildman–Crippen LogP) is 1.96. The number of anilines is 1. The van der Waals surface area contributed by atoms with Crippen LogP contribution in [-0.4, -0.2) is 29.3 Å². The minimum Gasteiger partial charge on any atom is -0.387 e. The number of aromatic nitrogens is 2. The molecule has 2 aliphatic rings. The first-order chi connectivity index (χ1) is 13.3. The molecule has 0 fully saturated rings. The standard InChI is InChI=1S/C19H24N4O4S/c1-11(24)16-10-17(21-23(16)2)28(26,27)22-19(25)20-18-14-7-3-5-12(14)9-13-6-4-8-15(13)18/h9-11,24H,3-8H2,1-2H3,(H2,20,22,25). The first-order valence-electron chi connectivity index (χ1n) is 9.48. The lowest BCUT2D eigenvalue weighted by Gasteiger charge is -2.16. The molecule has 1 heterocycles. The number of rotatable bonds is 4. The van der Waals surface area contributed by atoms with Crippen molar-refractivity contribution in [3.63, 3.8) is 0 Å². The molecule has 1 aromatic heterocycles. The molecule has 2 aromatic rings. The number of urea groups is 1. The van der Waals surface area contributed by atoms with E-state index < -0.39 is 22.2 Å². The SMILES string of the molecule is CC(O)c1cc(S(=O)(=O)NC(=O)Nc2c3c(cc4c2CCC4)CCC3)nn1C. The van der Waals surface area contributed by atoms with Gasteiger partial charge in [0.25, 0.3) is 10.0 Å². The van der Waals surface area contributed by atoms with E-state index in [1.807, 2.05) is 4.72 Å². The Hall–Kier alpha value is -2.39. The molecular formula is C19H24N4O4S. The Bertz CT molecular complexity index is 1020. The van der Waals surface area contributed by atoms with Crippen LogP contribution in [0.3, 0.4) is 0 Å². The summed E-state index contributed by atoms with van der Waals surface area (Å²) in [6, 6.07) is 2.72. The highest BCUT2D eigenvalue weighted by Gasteiger charge is 2.27. The number of aliphatic hydroxyl groups is 1. The average molecular weight is 404 g/mol. The van der Waals surface area contributed by atoms with Gasteiger partial charge in [-0.15, -0.1) is 0 Å². The summed E-state index contributed by atoms with van der Waals surface area (Å²) in [4.78, 5) is 12.5. The zero-order valence-electron chi connectivity index (χ0n) is 15.9. The van der Waals surface area contributed by atoms with Crippen LogP contribution in [0.2, 0.25) is 0 Å². The van der Waals surface area contributed by atoms with Crippen LogP contribution in [0.4, 0.5) is 10.5 Å². The van der Waals surface area contributed by atoms with Crippen LogP contribution in [0, 0.1) is 0 Å². The number of carbonyl (C=O) groups is 1. The Kier molecular flexibility index (Phi) is 4.67. The summed E-state index contributed by atoms with van der Waals surface area (Å²) >= 11 is 0. The molecule has 0 radical (unpaired) electrons. The largest absolute Gasteiger partial charge is 0.387 e. The number of aliphatic hydroxyl groups excluding tert-OH is 1. The fourth-order valence-electron chi connectivity index (χ4n) is 4.26. The van der Waals surface area contributed by atoms with Crippen molar-refractivity contribution in [2.45, 2.75) is 56.6 Å². The number of fused-ring (bicyclic) bond motifs is 2. The van der Waals surface area contributed by atoms with Crippen LogP contribution in [0.1, 0.15) is 53.8 Å². The number of hydrogen-bond donors (Lipinski definition) is 3. The first-order valence-corrected chi connectivity index (χ1v) is 11.0. The number of sulfonamides is 1. The summed E-state index contributed by atoms with van der Waals surface area (Å²) in [5, 5.41) is 16.1. The Morgan fingerprint density at radius 2 is 1.75 bits per heavy atom. The van der Waals surface area contributed by atoms with Gasteiger partial charge < -0.3 is 10.4 Å². The molecule has 0 saturated carbocycles. The normalized spacial score (nSPS) is 16.5. The van der Waals surface area contributed by atoms with Crippen LogP contribution >= 0.6 is 0 Å². The second-order valence-corrected chi connectivity index (χ2v) is 9.13. The molecule has 1 aromatic carbocycles. The minimum absolute atomic E-state index is 0.301. The van der Waals surface area contributed by atoms with E-state index in [-0.39, 0.29) is 5.03 Å². The van der Waals surface area contributed by atoms with E-state index in [1.165, 1.54) is 35.8 Å². The summed E-state index contributed by atoms with van der Waals surface area (Å²) < 4.78 is 28.5. The van der Waals surface area contributed by atoms with Crippen molar-refractivity contribution in [1.29, 1.82) is 0 Å². The molecule has 4 rings (SSSR count). The van der Waals surface area contributed by atoms with E-state index in [9.17, 15) is 18.3 Å². The second-order valence-electron chi connectivity index (χ2n) is 7.50. The van der Waals surface area contributed by atoms with E-state index in [0.717, 1.165) is 55.3 Å². The van der Waals surface area contributed by atoms with Crippen molar-refractivity contribution in [3.8, 4) is 0 Å². The third-order valence-corrected chi connectivity index (χ3v) is 6.74. The van der Waals surface area contributed by atoms with Gasteiger partial charge in [-0.1, -0.05) is 6.07 Å². The van der Waals surface area contributed by atoms with Gasteiger partial charge in [0, 0.05) is 18.8 Å². The molecular weight excluding hydrogens is 380 g/mol. The van der Waals surface area contributed by atoms with Crippen molar-refractivity contribution < 1.29 is 18.3 Å². The summed E-state index contributed by atoms with van der Waals surface area (Å²) in [5.41, 5.74) is 5.89. The third-order valence-electron chi connectivity index (χ3n) is 5.54. The molecule has 0 aliphatic heterocycles. The van der Waals surface area contributed by atoms with Gasteiger partial charge >= 0.3 is 6.03 Å². The Morgan fingerprint density at radius 1 is 1.14 bits per heavy atom. The maximum Gasteiger partial charge on any atom is 0.333 e. The van der Waals surface area contributed by atoms with E-state index in [2.05, 4.69) is 16.5 Å². The van der Waals surface area contributed by atoms with Crippen LogP contribution in [0.5, 0.6) is 0 Å². The fraction of sp³-hybridized carbons (Fsp3) is 0.474. The number of aryl methyl sites for hydroxylation is 3. The quantitative estimate of drug-likeness (QED) is 0.721. The Morgan fingerprint density at radius 3 is 2.29 bits per heavy atom. The Balaban J connectivity index is 1.58. The zero-order chi connectivity index (χ0) is 20.1. The maximum atomic E-state index is 12.6. The number of nitrogens with one attached hydrogen (secondary N) is 2. The highest BCUT2D eigenvalue weighted by atomic mass is 32.2. The second kappa shape index (κ2) is 6.89. The fourth-order valence-corrected chi connectivity index (χ4v) is 5.16. The molecule has 8 nitrogen and oxygen atoms in total. The molecule has 0 bridgehead atoms.